The third kappa shape index (κ3) is 11.1. The van der Waals surface area contributed by atoms with Gasteiger partial charge in [-0.25, -0.2) is 0 Å². The minimum atomic E-state index is -4.34. The van der Waals surface area contributed by atoms with E-state index >= 15 is 0 Å². The molecule has 0 spiro atoms. The summed E-state index contributed by atoms with van der Waals surface area (Å²) < 4.78 is 37.0. The van der Waals surface area contributed by atoms with Crippen LogP contribution in [0, 0.1) is 6.92 Å². The van der Waals surface area contributed by atoms with E-state index in [1.165, 1.54) is 11.6 Å². The number of allylic oxidation sites excluding steroid dienone is 1. The van der Waals surface area contributed by atoms with Gasteiger partial charge in [-0.2, -0.15) is 13.2 Å². The van der Waals surface area contributed by atoms with Crippen molar-refractivity contribution in [2.45, 2.75) is 54.6 Å². The molecular weight excluding hydrogens is 323 g/mol. The molecule has 0 atom stereocenters. The van der Waals surface area contributed by atoms with Crippen molar-refractivity contribution in [3.63, 3.8) is 0 Å². The van der Waals surface area contributed by atoms with Crippen LogP contribution in [0.1, 0.15) is 52.7 Å². The second kappa shape index (κ2) is 13.2. The van der Waals surface area contributed by atoms with Gasteiger partial charge in [0.1, 0.15) is 0 Å². The molecule has 1 aromatic heterocycles. The SMILES string of the molecule is C=C(C)C.CC.CC.Cc1cccc(-c2ccc(C(F)(F)F)cn2)c1. The first-order chi connectivity index (χ1) is 11.7. The Morgan fingerprint density at radius 1 is 0.960 bits per heavy atom. The average molecular weight is 353 g/mol. The van der Waals surface area contributed by atoms with Crippen molar-refractivity contribution in [1.82, 2.24) is 4.98 Å². The van der Waals surface area contributed by atoms with Crippen LogP contribution in [0.4, 0.5) is 13.2 Å². The lowest BCUT2D eigenvalue weighted by atomic mass is 10.1. The van der Waals surface area contributed by atoms with E-state index in [1.54, 1.807) is 0 Å². The molecule has 0 amide bonds. The number of benzene rings is 1. The first-order valence-corrected chi connectivity index (χ1v) is 8.42. The molecule has 0 N–H and O–H groups in total. The predicted molar refractivity (Wildman–Crippen MR) is 103 cm³/mol. The van der Waals surface area contributed by atoms with Crippen molar-refractivity contribution in [3.05, 3.63) is 65.9 Å². The van der Waals surface area contributed by atoms with E-state index in [0.717, 1.165) is 23.4 Å². The van der Waals surface area contributed by atoms with Gasteiger partial charge < -0.3 is 0 Å². The Morgan fingerprint density at radius 2 is 1.48 bits per heavy atom. The maximum atomic E-state index is 12.3. The number of alkyl halides is 3. The number of rotatable bonds is 1. The van der Waals surface area contributed by atoms with Gasteiger partial charge in [-0.15, -0.1) is 6.58 Å². The number of halogens is 3. The Balaban J connectivity index is 0. The molecule has 4 heteroatoms. The minimum Gasteiger partial charge on any atom is -0.256 e. The zero-order chi connectivity index (χ0) is 20.0. The minimum absolute atomic E-state index is 0.543. The second-order valence-corrected chi connectivity index (χ2v) is 5.01. The van der Waals surface area contributed by atoms with Crippen LogP contribution >= 0.6 is 0 Å². The lowest BCUT2D eigenvalue weighted by molar-refractivity contribution is -0.137. The smallest absolute Gasteiger partial charge is 0.256 e. The Bertz CT molecular complexity index is 595. The summed E-state index contributed by atoms with van der Waals surface area (Å²) in [6.07, 6.45) is -3.48. The van der Waals surface area contributed by atoms with Gasteiger partial charge in [-0.05, 0) is 39.0 Å². The lowest BCUT2D eigenvalue weighted by Crippen LogP contribution is -2.05. The van der Waals surface area contributed by atoms with Crippen LogP contribution in [0.5, 0.6) is 0 Å². The highest BCUT2D eigenvalue weighted by Gasteiger charge is 2.30. The summed E-state index contributed by atoms with van der Waals surface area (Å²) in [5.41, 5.74) is 2.85. The van der Waals surface area contributed by atoms with E-state index in [1.807, 2.05) is 72.7 Å². The molecule has 140 valence electrons. The molecule has 0 aliphatic carbocycles. The fourth-order valence-corrected chi connectivity index (χ4v) is 1.54. The van der Waals surface area contributed by atoms with Gasteiger partial charge in [-0.3, -0.25) is 4.98 Å². The Kier molecular flexibility index (Phi) is 13.3. The maximum absolute atomic E-state index is 12.3. The summed E-state index contributed by atoms with van der Waals surface area (Å²) in [6, 6.07) is 9.91. The summed E-state index contributed by atoms with van der Waals surface area (Å²) in [7, 11) is 0. The highest BCUT2D eigenvalue weighted by molar-refractivity contribution is 5.59. The summed E-state index contributed by atoms with van der Waals surface area (Å²) in [6.45, 7) is 17.4. The standard InChI is InChI=1S/C13H10F3N.C4H8.2C2H6/c1-9-3-2-4-10(7-9)12-6-5-11(8-17-12)13(14,15)16;1-4(2)3;2*1-2/h2-8H,1H3;1H2,2-3H3;2*1-2H3. The van der Waals surface area contributed by atoms with Crippen LogP contribution in [0.3, 0.4) is 0 Å². The highest BCUT2D eigenvalue weighted by Crippen LogP contribution is 2.29. The number of nitrogens with zero attached hydrogens (tertiary/aromatic N) is 1. The third-order valence-corrected chi connectivity index (χ3v) is 2.40. The van der Waals surface area contributed by atoms with Crippen LogP contribution in [-0.4, -0.2) is 4.98 Å². The first kappa shape index (κ1) is 25.1. The van der Waals surface area contributed by atoms with E-state index in [0.29, 0.717) is 5.69 Å². The van der Waals surface area contributed by atoms with E-state index in [-0.39, 0.29) is 0 Å². The molecule has 0 fully saturated rings. The summed E-state index contributed by atoms with van der Waals surface area (Å²) >= 11 is 0. The van der Waals surface area contributed by atoms with Crippen molar-refractivity contribution in [2.24, 2.45) is 0 Å². The maximum Gasteiger partial charge on any atom is 0.417 e. The molecule has 1 nitrogen and oxygen atoms in total. The molecule has 1 heterocycles. The molecule has 2 rings (SSSR count). The number of hydrogen-bond acceptors (Lipinski definition) is 1. The molecule has 0 saturated heterocycles. The highest BCUT2D eigenvalue weighted by atomic mass is 19.4. The molecule has 0 unspecified atom stereocenters. The molecule has 25 heavy (non-hydrogen) atoms. The van der Waals surface area contributed by atoms with E-state index < -0.39 is 11.7 Å². The van der Waals surface area contributed by atoms with E-state index in [9.17, 15) is 13.2 Å². The van der Waals surface area contributed by atoms with Gasteiger partial charge >= 0.3 is 6.18 Å². The van der Waals surface area contributed by atoms with Crippen LogP contribution in [0.2, 0.25) is 0 Å². The average Bonchev–Trinajstić information content (AvgIpc) is 2.57. The number of hydrogen-bond donors (Lipinski definition) is 0. The normalized spacial score (nSPS) is 9.36. The monoisotopic (exact) mass is 353 g/mol. The van der Waals surface area contributed by atoms with Gasteiger partial charge in [0.05, 0.1) is 11.3 Å². The van der Waals surface area contributed by atoms with Crippen LogP contribution in [0.15, 0.2) is 54.7 Å². The summed E-state index contributed by atoms with van der Waals surface area (Å²) in [5.74, 6) is 0. The van der Waals surface area contributed by atoms with Crippen LogP contribution in [-0.2, 0) is 6.18 Å². The van der Waals surface area contributed by atoms with Gasteiger partial charge in [-0.1, -0.05) is 57.0 Å². The number of pyridine rings is 1. The van der Waals surface area contributed by atoms with E-state index in [4.69, 9.17) is 0 Å². The lowest BCUT2D eigenvalue weighted by Gasteiger charge is -2.07. The number of aryl methyl sites for hydroxylation is 1. The predicted octanol–water partition coefficient (Wildman–Crippen LogP) is 7.71. The third-order valence-electron chi connectivity index (χ3n) is 2.40. The first-order valence-electron chi connectivity index (χ1n) is 8.42. The quantitative estimate of drug-likeness (QED) is 0.478. The van der Waals surface area contributed by atoms with Crippen molar-refractivity contribution in [1.29, 1.82) is 0 Å². The molecule has 2 aromatic rings. The molecular formula is C21H30F3N. The Hall–Kier alpha value is -2.10. The zero-order valence-electron chi connectivity index (χ0n) is 16.3. The Labute approximate surface area is 150 Å². The molecule has 1 aromatic carbocycles. The molecule has 0 bridgehead atoms. The topological polar surface area (TPSA) is 12.9 Å². The second-order valence-electron chi connectivity index (χ2n) is 5.01. The van der Waals surface area contributed by atoms with Crippen LogP contribution < -0.4 is 0 Å². The van der Waals surface area contributed by atoms with Gasteiger partial charge in [0, 0.05) is 11.8 Å². The summed E-state index contributed by atoms with van der Waals surface area (Å²) in [5, 5.41) is 0. The van der Waals surface area contributed by atoms with Crippen molar-refractivity contribution in [2.75, 3.05) is 0 Å². The molecule has 0 aliphatic heterocycles. The Morgan fingerprint density at radius 3 is 1.84 bits per heavy atom. The zero-order valence-corrected chi connectivity index (χ0v) is 16.3. The summed E-state index contributed by atoms with van der Waals surface area (Å²) in [4.78, 5) is 3.84. The van der Waals surface area contributed by atoms with Crippen molar-refractivity contribution < 1.29 is 13.2 Å². The van der Waals surface area contributed by atoms with Gasteiger partial charge in [0.2, 0.25) is 0 Å². The van der Waals surface area contributed by atoms with Crippen molar-refractivity contribution in [3.8, 4) is 11.3 Å². The van der Waals surface area contributed by atoms with Gasteiger partial charge in [0.15, 0.2) is 0 Å². The fraction of sp³-hybridized carbons (Fsp3) is 0.381. The largest absolute Gasteiger partial charge is 0.417 e. The molecule has 0 saturated carbocycles. The van der Waals surface area contributed by atoms with Crippen molar-refractivity contribution >= 4 is 0 Å². The van der Waals surface area contributed by atoms with E-state index in [2.05, 4.69) is 11.6 Å². The molecule has 0 radical (unpaired) electrons. The van der Waals surface area contributed by atoms with Gasteiger partial charge in [0.25, 0.3) is 0 Å². The van der Waals surface area contributed by atoms with Crippen LogP contribution in [0.25, 0.3) is 11.3 Å². The molecule has 0 aliphatic rings. The number of aromatic nitrogens is 1. The fourth-order valence-electron chi connectivity index (χ4n) is 1.54.